The molecule has 2 aromatic rings. The molecule has 130 valence electrons. The van der Waals surface area contributed by atoms with E-state index in [1.54, 1.807) is 4.90 Å². The van der Waals surface area contributed by atoms with Gasteiger partial charge >= 0.3 is 6.09 Å². The van der Waals surface area contributed by atoms with Crippen LogP contribution < -0.4 is 10.6 Å². The van der Waals surface area contributed by atoms with Gasteiger partial charge in [-0.15, -0.1) is 0 Å². The number of rotatable bonds is 3. The third-order valence-corrected chi connectivity index (χ3v) is 4.53. The minimum atomic E-state index is -1.05. The quantitative estimate of drug-likeness (QED) is 0.854. The first-order valence-electron chi connectivity index (χ1n) is 7.86. The number of nitrogens with two attached hydrogens (primary N) is 1. The monoisotopic (exact) mass is 403 g/mol. The van der Waals surface area contributed by atoms with Gasteiger partial charge in [-0.2, -0.15) is 0 Å². The average molecular weight is 404 g/mol. The summed E-state index contributed by atoms with van der Waals surface area (Å²) >= 11 is 3.36. The molecule has 25 heavy (non-hydrogen) atoms. The highest BCUT2D eigenvalue weighted by atomic mass is 79.9. The Morgan fingerprint density at radius 3 is 2.48 bits per heavy atom. The number of ether oxygens (including phenoxy) is 1. The van der Waals surface area contributed by atoms with E-state index in [-0.39, 0.29) is 12.5 Å². The lowest BCUT2D eigenvalue weighted by Gasteiger charge is -2.38. The SMILES string of the molecule is NC1C(=O)N(c2ccc(Br)cc2)CCN1C(=O)OCc1ccccc1. The van der Waals surface area contributed by atoms with Crippen LogP contribution in [0.4, 0.5) is 10.5 Å². The zero-order valence-electron chi connectivity index (χ0n) is 13.5. The number of piperazine rings is 1. The second-order valence-electron chi connectivity index (χ2n) is 5.64. The largest absolute Gasteiger partial charge is 0.444 e. The van der Waals surface area contributed by atoms with Crippen LogP contribution in [0.3, 0.4) is 0 Å². The van der Waals surface area contributed by atoms with Gasteiger partial charge in [0.1, 0.15) is 6.61 Å². The highest BCUT2D eigenvalue weighted by Gasteiger charge is 2.36. The molecule has 1 aliphatic heterocycles. The molecule has 0 radical (unpaired) electrons. The van der Waals surface area contributed by atoms with Crippen LogP contribution in [-0.2, 0) is 16.1 Å². The number of amides is 2. The average Bonchev–Trinajstić information content (AvgIpc) is 2.64. The molecule has 0 aliphatic carbocycles. The van der Waals surface area contributed by atoms with Crippen LogP contribution in [0.2, 0.25) is 0 Å². The number of hydrogen-bond acceptors (Lipinski definition) is 4. The molecular weight excluding hydrogens is 386 g/mol. The van der Waals surface area contributed by atoms with Crippen LogP contribution in [0.25, 0.3) is 0 Å². The van der Waals surface area contributed by atoms with Crippen LogP contribution in [0, 0.1) is 0 Å². The maximum Gasteiger partial charge on any atom is 0.411 e. The Hall–Kier alpha value is -2.38. The standard InChI is InChI=1S/C18H18BrN3O3/c19-14-6-8-15(9-7-14)21-10-11-22(16(20)17(21)23)18(24)25-12-13-4-2-1-3-5-13/h1-9,16H,10-12,20H2. The molecule has 7 heteroatoms. The van der Waals surface area contributed by atoms with E-state index in [0.29, 0.717) is 13.1 Å². The topological polar surface area (TPSA) is 75.9 Å². The smallest absolute Gasteiger partial charge is 0.411 e. The summed E-state index contributed by atoms with van der Waals surface area (Å²) in [5.74, 6) is -0.328. The Morgan fingerprint density at radius 2 is 1.80 bits per heavy atom. The Kier molecular flexibility index (Phi) is 5.35. The van der Waals surface area contributed by atoms with Crippen LogP contribution in [-0.4, -0.2) is 36.2 Å². The molecule has 1 fully saturated rings. The molecular formula is C18H18BrN3O3. The van der Waals surface area contributed by atoms with E-state index in [1.165, 1.54) is 4.90 Å². The van der Waals surface area contributed by atoms with Crippen molar-refractivity contribution >= 4 is 33.6 Å². The number of carbonyl (C=O) groups excluding carboxylic acids is 2. The first-order chi connectivity index (χ1) is 12.1. The van der Waals surface area contributed by atoms with Gasteiger partial charge < -0.3 is 15.4 Å². The summed E-state index contributed by atoms with van der Waals surface area (Å²) in [4.78, 5) is 27.6. The molecule has 1 heterocycles. The van der Waals surface area contributed by atoms with E-state index in [2.05, 4.69) is 15.9 Å². The maximum atomic E-state index is 12.5. The van der Waals surface area contributed by atoms with Gasteiger partial charge in [0.05, 0.1) is 0 Å². The number of anilines is 1. The Morgan fingerprint density at radius 1 is 1.12 bits per heavy atom. The molecule has 0 aromatic heterocycles. The van der Waals surface area contributed by atoms with Gasteiger partial charge in [-0.25, -0.2) is 4.79 Å². The highest BCUT2D eigenvalue weighted by Crippen LogP contribution is 2.22. The van der Waals surface area contributed by atoms with Gasteiger partial charge in [-0.05, 0) is 29.8 Å². The Balaban J connectivity index is 1.62. The van der Waals surface area contributed by atoms with Crippen molar-refractivity contribution in [2.45, 2.75) is 12.8 Å². The lowest BCUT2D eigenvalue weighted by Crippen LogP contribution is -2.62. The van der Waals surface area contributed by atoms with Gasteiger partial charge in [0.15, 0.2) is 6.17 Å². The van der Waals surface area contributed by atoms with Crippen molar-refractivity contribution in [3.8, 4) is 0 Å². The summed E-state index contributed by atoms with van der Waals surface area (Å²) in [5, 5.41) is 0. The summed E-state index contributed by atoms with van der Waals surface area (Å²) in [5.41, 5.74) is 7.60. The van der Waals surface area contributed by atoms with Crippen molar-refractivity contribution in [2.24, 2.45) is 5.73 Å². The zero-order valence-corrected chi connectivity index (χ0v) is 15.1. The lowest BCUT2D eigenvalue weighted by atomic mass is 10.2. The molecule has 2 N–H and O–H groups in total. The van der Waals surface area contributed by atoms with Gasteiger partial charge in [0.25, 0.3) is 5.91 Å². The fourth-order valence-corrected chi connectivity index (χ4v) is 2.90. The van der Waals surface area contributed by atoms with Crippen molar-refractivity contribution in [2.75, 3.05) is 18.0 Å². The van der Waals surface area contributed by atoms with Crippen LogP contribution in [0.5, 0.6) is 0 Å². The van der Waals surface area contributed by atoms with Gasteiger partial charge in [0.2, 0.25) is 0 Å². The van der Waals surface area contributed by atoms with E-state index in [1.807, 2.05) is 54.6 Å². The van der Waals surface area contributed by atoms with Crippen molar-refractivity contribution in [1.82, 2.24) is 4.90 Å². The third-order valence-electron chi connectivity index (χ3n) is 4.00. The first kappa shape index (κ1) is 17.4. The second-order valence-corrected chi connectivity index (χ2v) is 6.56. The number of benzene rings is 2. The van der Waals surface area contributed by atoms with Gasteiger partial charge in [-0.3, -0.25) is 9.69 Å². The Labute approximate surface area is 154 Å². The number of hydrogen-bond donors (Lipinski definition) is 1. The van der Waals surface area contributed by atoms with Crippen molar-refractivity contribution in [3.63, 3.8) is 0 Å². The van der Waals surface area contributed by atoms with E-state index < -0.39 is 12.3 Å². The molecule has 3 rings (SSSR count). The van der Waals surface area contributed by atoms with Crippen molar-refractivity contribution < 1.29 is 14.3 Å². The second kappa shape index (κ2) is 7.67. The fourth-order valence-electron chi connectivity index (χ4n) is 2.63. The number of nitrogens with zero attached hydrogens (tertiary/aromatic N) is 2. The molecule has 1 saturated heterocycles. The number of carbonyl (C=O) groups is 2. The predicted molar refractivity (Wildman–Crippen MR) is 97.8 cm³/mol. The summed E-state index contributed by atoms with van der Waals surface area (Å²) in [6.07, 6.45) is -1.64. The van der Waals surface area contributed by atoms with Gasteiger partial charge in [0, 0.05) is 23.2 Å². The van der Waals surface area contributed by atoms with Crippen molar-refractivity contribution in [3.05, 3.63) is 64.6 Å². The summed E-state index contributed by atoms with van der Waals surface area (Å²) in [6, 6.07) is 16.7. The van der Waals surface area contributed by atoms with Gasteiger partial charge in [-0.1, -0.05) is 46.3 Å². The molecule has 6 nitrogen and oxygen atoms in total. The minimum absolute atomic E-state index is 0.146. The number of halogens is 1. The fraction of sp³-hybridized carbons (Fsp3) is 0.222. The Bertz CT molecular complexity index is 752. The summed E-state index contributed by atoms with van der Waals surface area (Å²) in [6.45, 7) is 0.832. The van der Waals surface area contributed by atoms with Crippen molar-refractivity contribution in [1.29, 1.82) is 0 Å². The molecule has 0 spiro atoms. The molecule has 0 saturated carbocycles. The summed E-state index contributed by atoms with van der Waals surface area (Å²) in [7, 11) is 0. The molecule has 1 unspecified atom stereocenters. The van der Waals surface area contributed by atoms with Crippen LogP contribution in [0.1, 0.15) is 5.56 Å². The lowest BCUT2D eigenvalue weighted by molar-refractivity contribution is -0.125. The van der Waals surface area contributed by atoms with Crippen LogP contribution >= 0.6 is 15.9 Å². The zero-order chi connectivity index (χ0) is 17.8. The van der Waals surface area contributed by atoms with Crippen LogP contribution in [0.15, 0.2) is 59.1 Å². The summed E-state index contributed by atoms with van der Waals surface area (Å²) < 4.78 is 6.20. The van der Waals surface area contributed by atoms with E-state index in [0.717, 1.165) is 15.7 Å². The highest BCUT2D eigenvalue weighted by molar-refractivity contribution is 9.10. The molecule has 1 atom stereocenters. The molecule has 2 amide bonds. The maximum absolute atomic E-state index is 12.5. The predicted octanol–water partition coefficient (Wildman–Crippen LogP) is 2.72. The first-order valence-corrected chi connectivity index (χ1v) is 8.65. The minimum Gasteiger partial charge on any atom is -0.444 e. The normalized spacial score (nSPS) is 17.5. The van der Waals surface area contributed by atoms with E-state index >= 15 is 0 Å². The molecule has 0 bridgehead atoms. The van der Waals surface area contributed by atoms with E-state index in [4.69, 9.17) is 10.5 Å². The molecule has 2 aromatic carbocycles. The molecule has 1 aliphatic rings. The third kappa shape index (κ3) is 4.00. The van der Waals surface area contributed by atoms with E-state index in [9.17, 15) is 9.59 Å².